The minimum absolute atomic E-state index is 0.0109. The molecule has 0 aliphatic heterocycles. The van der Waals surface area contributed by atoms with Gasteiger partial charge < -0.3 is 30.4 Å². The van der Waals surface area contributed by atoms with E-state index in [1.165, 1.54) is 6.07 Å². The highest BCUT2D eigenvalue weighted by Gasteiger charge is 2.26. The highest BCUT2D eigenvalue weighted by molar-refractivity contribution is 5.92. The van der Waals surface area contributed by atoms with E-state index in [1.54, 1.807) is 19.1 Å². The third-order valence-corrected chi connectivity index (χ3v) is 6.05. The normalized spacial score (nSPS) is 13.2. The Morgan fingerprint density at radius 3 is 2.32 bits per heavy atom. The summed E-state index contributed by atoms with van der Waals surface area (Å²) >= 11 is 0. The van der Waals surface area contributed by atoms with Crippen LogP contribution < -0.4 is 16.0 Å². The minimum atomic E-state index is -1.51. The van der Waals surface area contributed by atoms with Gasteiger partial charge in [0.2, 0.25) is 5.91 Å². The Morgan fingerprint density at radius 1 is 1.03 bits per heavy atom. The maximum absolute atomic E-state index is 13.1. The van der Waals surface area contributed by atoms with Crippen molar-refractivity contribution in [2.45, 2.75) is 51.4 Å². The van der Waals surface area contributed by atoms with Crippen LogP contribution in [0, 0.1) is 13.8 Å². The van der Waals surface area contributed by atoms with Crippen LogP contribution in [0.15, 0.2) is 59.1 Å². The largest absolute Gasteiger partial charge is 0.383 e. The van der Waals surface area contributed by atoms with Gasteiger partial charge in [0.05, 0.1) is 12.1 Å². The van der Waals surface area contributed by atoms with Crippen LogP contribution in [-0.2, 0) is 22.6 Å². The maximum Gasteiger partial charge on any atom is 0.273 e. The molecular weight excluding hydrogens is 488 g/mol. The van der Waals surface area contributed by atoms with Crippen LogP contribution in [0.5, 0.6) is 0 Å². The summed E-state index contributed by atoms with van der Waals surface area (Å²) in [4.78, 5) is 47.9. The van der Waals surface area contributed by atoms with Crippen molar-refractivity contribution in [2.24, 2.45) is 0 Å². The quantitative estimate of drug-likeness (QED) is 0.234. The predicted octanol–water partition coefficient (Wildman–Crippen LogP) is 1.67. The number of carbonyl (C=O) groups excluding carboxylic acids is 4. The summed E-state index contributed by atoms with van der Waals surface area (Å²) < 4.78 is 4.91. The van der Waals surface area contributed by atoms with Crippen LogP contribution in [0.1, 0.15) is 49.7 Å². The Hall–Kier alpha value is -4.15. The van der Waals surface area contributed by atoms with Crippen molar-refractivity contribution < 1.29 is 28.8 Å². The molecule has 38 heavy (non-hydrogen) atoms. The molecule has 0 saturated carbocycles. The molecule has 2 amide bonds. The van der Waals surface area contributed by atoms with Gasteiger partial charge in [-0.3, -0.25) is 14.4 Å². The molecule has 0 fully saturated rings. The molecule has 0 aliphatic carbocycles. The number of aliphatic hydroxyl groups excluding tert-OH is 1. The maximum atomic E-state index is 13.1. The van der Waals surface area contributed by atoms with Crippen LogP contribution in [0.3, 0.4) is 0 Å². The van der Waals surface area contributed by atoms with Gasteiger partial charge in [-0.05, 0) is 37.8 Å². The van der Waals surface area contributed by atoms with Crippen LogP contribution in [0.25, 0.3) is 0 Å². The summed E-state index contributed by atoms with van der Waals surface area (Å²) in [5.74, 6) is -0.453. The molecule has 2 aromatic carbocycles. The fourth-order valence-electron chi connectivity index (χ4n) is 3.75. The molecule has 4 N–H and O–H groups in total. The highest BCUT2D eigenvalue weighted by Crippen LogP contribution is 2.09. The molecular formula is C28H32N4O6. The topological polar surface area (TPSA) is 151 Å². The molecule has 0 aliphatic rings. The van der Waals surface area contributed by atoms with Gasteiger partial charge in [-0.2, -0.15) is 0 Å². The van der Waals surface area contributed by atoms with Gasteiger partial charge in [-0.25, -0.2) is 0 Å². The Morgan fingerprint density at radius 2 is 1.71 bits per heavy atom. The lowest BCUT2D eigenvalue weighted by molar-refractivity contribution is -0.123. The number of aliphatic hydroxyl groups is 1. The average molecular weight is 521 g/mol. The van der Waals surface area contributed by atoms with E-state index in [4.69, 9.17) is 4.52 Å². The third kappa shape index (κ3) is 8.46. The monoisotopic (exact) mass is 520 g/mol. The van der Waals surface area contributed by atoms with Gasteiger partial charge >= 0.3 is 0 Å². The molecule has 10 nitrogen and oxygen atoms in total. The molecule has 3 aromatic rings. The van der Waals surface area contributed by atoms with Gasteiger partial charge in [0.25, 0.3) is 5.91 Å². The molecule has 0 radical (unpaired) electrons. The summed E-state index contributed by atoms with van der Waals surface area (Å²) in [6, 6.07) is 14.6. The Balaban J connectivity index is 1.68. The highest BCUT2D eigenvalue weighted by atomic mass is 16.5. The zero-order valence-corrected chi connectivity index (χ0v) is 21.3. The molecule has 0 spiro atoms. The summed E-state index contributed by atoms with van der Waals surface area (Å²) in [5, 5.41) is 22.4. The van der Waals surface area contributed by atoms with Crippen molar-refractivity contribution in [3.8, 4) is 0 Å². The summed E-state index contributed by atoms with van der Waals surface area (Å²) in [6.07, 6.45) is 0.494. The van der Waals surface area contributed by atoms with E-state index in [2.05, 4.69) is 21.1 Å². The Labute approximate surface area is 220 Å². The number of nitrogens with zero attached hydrogens (tertiary/aromatic N) is 1. The molecule has 3 atom stereocenters. The second-order valence-electron chi connectivity index (χ2n) is 9.09. The molecule has 0 saturated heterocycles. The summed E-state index contributed by atoms with van der Waals surface area (Å²) in [6.45, 7) is 3.88. The smallest absolute Gasteiger partial charge is 0.273 e. The number of aromatic nitrogens is 1. The van der Waals surface area contributed by atoms with Gasteiger partial charge in [-0.1, -0.05) is 59.3 Å². The summed E-state index contributed by atoms with van der Waals surface area (Å²) in [5.41, 5.74) is 3.56. The van der Waals surface area contributed by atoms with Gasteiger partial charge in [0.1, 0.15) is 18.2 Å². The van der Waals surface area contributed by atoms with Gasteiger partial charge in [0, 0.05) is 24.7 Å². The van der Waals surface area contributed by atoms with Crippen LogP contribution in [0.2, 0.25) is 0 Å². The first-order chi connectivity index (χ1) is 18.3. The lowest BCUT2D eigenvalue weighted by Crippen LogP contribution is -2.54. The number of nitrogens with one attached hydrogen (secondary N) is 3. The number of amides is 2. The number of hydrogen-bond donors (Lipinski definition) is 4. The molecule has 10 heteroatoms. The van der Waals surface area contributed by atoms with Crippen molar-refractivity contribution in [3.05, 3.63) is 88.3 Å². The lowest BCUT2D eigenvalue weighted by atomic mass is 10.0. The van der Waals surface area contributed by atoms with Crippen molar-refractivity contribution in [3.63, 3.8) is 0 Å². The number of aryl methyl sites for hydroxylation is 3. The molecule has 200 valence electrons. The third-order valence-electron chi connectivity index (χ3n) is 6.05. The average Bonchev–Trinajstić information content (AvgIpc) is 3.38. The minimum Gasteiger partial charge on any atom is -0.383 e. The molecule has 0 bridgehead atoms. The molecule has 0 unspecified atom stereocenters. The first kappa shape index (κ1) is 28.4. The van der Waals surface area contributed by atoms with E-state index in [0.29, 0.717) is 37.0 Å². The summed E-state index contributed by atoms with van der Waals surface area (Å²) in [7, 11) is 0. The molecule has 1 heterocycles. The SMILES string of the molecule is Cc1ccc(CNC(=O)[C@H](CCc2ccc(C=O)cc2)NC[C@H](NC(=O)c2cc(C)on2)[C@@H](O)C=O)cc1. The van der Waals surface area contributed by atoms with Crippen LogP contribution >= 0.6 is 0 Å². The van der Waals surface area contributed by atoms with E-state index >= 15 is 0 Å². The van der Waals surface area contributed by atoms with Gasteiger partial charge in [-0.15, -0.1) is 0 Å². The Bertz CT molecular complexity index is 1220. The second kappa shape index (κ2) is 14.0. The van der Waals surface area contributed by atoms with Crippen molar-refractivity contribution in [1.82, 2.24) is 21.1 Å². The van der Waals surface area contributed by atoms with Crippen molar-refractivity contribution in [2.75, 3.05) is 6.54 Å². The van der Waals surface area contributed by atoms with E-state index in [9.17, 15) is 24.3 Å². The second-order valence-corrected chi connectivity index (χ2v) is 9.09. The number of hydrogen-bond acceptors (Lipinski definition) is 8. The fraction of sp³-hybridized carbons (Fsp3) is 0.321. The van der Waals surface area contributed by atoms with Crippen LogP contribution in [-0.4, -0.2) is 59.4 Å². The zero-order valence-electron chi connectivity index (χ0n) is 21.3. The standard InChI is InChI=1S/C28H32N4O6/c1-18-3-5-21(6-4-18)14-30-27(36)23(12-11-20-7-9-22(16-33)10-8-20)29-15-25(26(35)17-34)31-28(37)24-13-19(2)38-32-24/h3-10,13,16-17,23,25-26,29,35H,11-12,14-15H2,1-2H3,(H,30,36)(H,31,37)/t23-,25-,26-/m0/s1. The van der Waals surface area contributed by atoms with Gasteiger partial charge in [0.15, 0.2) is 12.0 Å². The predicted molar refractivity (Wildman–Crippen MR) is 140 cm³/mol. The van der Waals surface area contributed by atoms with E-state index < -0.39 is 24.1 Å². The number of carbonyl (C=O) groups is 4. The number of rotatable bonds is 14. The molecule has 1 aromatic heterocycles. The first-order valence-electron chi connectivity index (χ1n) is 12.3. The molecule has 3 rings (SSSR count). The van der Waals surface area contributed by atoms with E-state index in [0.717, 1.165) is 23.0 Å². The zero-order chi connectivity index (χ0) is 27.5. The Kier molecular flexibility index (Phi) is 10.4. The number of aldehydes is 2. The van der Waals surface area contributed by atoms with Crippen molar-refractivity contribution >= 4 is 24.4 Å². The van der Waals surface area contributed by atoms with Crippen LogP contribution in [0.4, 0.5) is 0 Å². The number of benzene rings is 2. The van der Waals surface area contributed by atoms with E-state index in [-0.39, 0.29) is 18.1 Å². The van der Waals surface area contributed by atoms with Crippen molar-refractivity contribution in [1.29, 1.82) is 0 Å². The first-order valence-corrected chi connectivity index (χ1v) is 12.3. The van der Waals surface area contributed by atoms with E-state index in [1.807, 2.05) is 43.3 Å². The fourth-order valence-corrected chi connectivity index (χ4v) is 3.75. The lowest BCUT2D eigenvalue weighted by Gasteiger charge is -2.25.